The van der Waals surface area contributed by atoms with Crippen LogP contribution in [0.25, 0.3) is 0 Å². The van der Waals surface area contributed by atoms with Gasteiger partial charge >= 0.3 is 0 Å². The molecule has 0 aromatic rings. The van der Waals surface area contributed by atoms with E-state index in [-0.39, 0.29) is 5.91 Å². The highest BCUT2D eigenvalue weighted by atomic mass is 16.7. The molecular weight excluding hydrogens is 186 g/mol. The molecule has 0 bridgehead atoms. The maximum absolute atomic E-state index is 12.0. The van der Waals surface area contributed by atoms with E-state index in [1.54, 1.807) is 7.11 Å². The molecule has 2 fully saturated rings. The lowest BCUT2D eigenvalue weighted by Gasteiger charge is -2.28. The Kier molecular flexibility index (Phi) is 2.71. The van der Waals surface area contributed by atoms with E-state index in [9.17, 15) is 4.79 Å². The molecule has 0 saturated carbocycles. The van der Waals surface area contributed by atoms with Gasteiger partial charge in [0.25, 0.3) is 5.91 Å². The minimum absolute atomic E-state index is 0.102. The van der Waals surface area contributed by atoms with Crippen LogP contribution in [0.15, 0.2) is 0 Å². The van der Waals surface area contributed by atoms with E-state index < -0.39 is 5.60 Å². The van der Waals surface area contributed by atoms with Crippen molar-refractivity contribution in [2.24, 2.45) is 0 Å². The van der Waals surface area contributed by atoms with E-state index in [1.807, 2.05) is 0 Å². The van der Waals surface area contributed by atoms with Crippen LogP contribution < -0.4 is 0 Å². The molecule has 0 spiro atoms. The molecule has 1 unspecified atom stereocenters. The van der Waals surface area contributed by atoms with Crippen LogP contribution in [0, 0.1) is 0 Å². The molecule has 2 rings (SSSR count). The van der Waals surface area contributed by atoms with Gasteiger partial charge < -0.3 is 9.47 Å². The number of hydrogen-bond acceptors (Lipinski definition) is 4. The number of ether oxygens (including phenoxy) is 2. The van der Waals surface area contributed by atoms with Crippen molar-refractivity contribution in [1.82, 2.24) is 5.06 Å². The standard InChI is InChI=1S/C9H15NO4/c1-12-9(3-6-13-7-9)8(11)10-4-2-5-14-10/h2-7H2,1H3. The molecule has 0 aromatic heterocycles. The Bertz CT molecular complexity index is 219. The third kappa shape index (κ3) is 1.51. The lowest BCUT2D eigenvalue weighted by molar-refractivity contribution is -0.191. The van der Waals surface area contributed by atoms with Gasteiger partial charge in [-0.3, -0.25) is 9.63 Å². The highest BCUT2D eigenvalue weighted by Crippen LogP contribution is 2.26. The molecule has 2 heterocycles. The van der Waals surface area contributed by atoms with Crippen molar-refractivity contribution in [1.29, 1.82) is 0 Å². The fourth-order valence-corrected chi connectivity index (χ4v) is 1.80. The Morgan fingerprint density at radius 3 is 2.86 bits per heavy atom. The number of carbonyl (C=O) groups is 1. The fraction of sp³-hybridized carbons (Fsp3) is 0.889. The van der Waals surface area contributed by atoms with Gasteiger partial charge in [-0.25, -0.2) is 5.06 Å². The molecule has 0 aliphatic carbocycles. The van der Waals surface area contributed by atoms with E-state index in [1.165, 1.54) is 5.06 Å². The van der Waals surface area contributed by atoms with E-state index >= 15 is 0 Å². The minimum atomic E-state index is -0.801. The van der Waals surface area contributed by atoms with Crippen molar-refractivity contribution >= 4 is 5.91 Å². The predicted molar refractivity (Wildman–Crippen MR) is 47.5 cm³/mol. The largest absolute Gasteiger partial charge is 0.378 e. The van der Waals surface area contributed by atoms with E-state index in [2.05, 4.69) is 0 Å². The maximum atomic E-state index is 12.0. The summed E-state index contributed by atoms with van der Waals surface area (Å²) in [7, 11) is 1.54. The number of hydrogen-bond donors (Lipinski definition) is 0. The van der Waals surface area contributed by atoms with Gasteiger partial charge in [0.1, 0.15) is 0 Å². The molecule has 5 nitrogen and oxygen atoms in total. The molecular formula is C9H15NO4. The Balaban J connectivity index is 2.06. The van der Waals surface area contributed by atoms with Crippen molar-refractivity contribution in [2.45, 2.75) is 18.4 Å². The van der Waals surface area contributed by atoms with Gasteiger partial charge in [-0.15, -0.1) is 0 Å². The second-order valence-electron chi connectivity index (χ2n) is 3.60. The van der Waals surface area contributed by atoms with Crippen LogP contribution in [0.5, 0.6) is 0 Å². The number of methoxy groups -OCH3 is 1. The maximum Gasteiger partial charge on any atom is 0.280 e. The molecule has 1 amide bonds. The SMILES string of the molecule is COC1(C(=O)N2CCCO2)CCOC1. The predicted octanol–water partition coefficient (Wildman–Crippen LogP) is -0.0442. The summed E-state index contributed by atoms with van der Waals surface area (Å²) in [5, 5.41) is 1.40. The third-order valence-corrected chi connectivity index (χ3v) is 2.75. The number of carbonyl (C=O) groups excluding carboxylic acids is 1. The zero-order valence-corrected chi connectivity index (χ0v) is 8.32. The molecule has 0 radical (unpaired) electrons. The molecule has 2 aliphatic heterocycles. The molecule has 14 heavy (non-hydrogen) atoms. The molecule has 1 atom stereocenters. The zero-order chi connectivity index (χ0) is 10.0. The second kappa shape index (κ2) is 3.84. The van der Waals surface area contributed by atoms with Crippen molar-refractivity contribution in [3.63, 3.8) is 0 Å². The van der Waals surface area contributed by atoms with Gasteiger partial charge in [0.2, 0.25) is 0 Å². The Morgan fingerprint density at radius 1 is 1.50 bits per heavy atom. The highest BCUT2D eigenvalue weighted by Gasteiger charge is 2.46. The average molecular weight is 201 g/mol. The highest BCUT2D eigenvalue weighted by molar-refractivity contribution is 5.85. The average Bonchev–Trinajstić information content (AvgIpc) is 2.89. The molecule has 5 heteroatoms. The van der Waals surface area contributed by atoms with Crippen LogP contribution in [-0.2, 0) is 19.1 Å². The summed E-state index contributed by atoms with van der Waals surface area (Å²) in [6.07, 6.45) is 1.51. The monoisotopic (exact) mass is 201 g/mol. The summed E-state index contributed by atoms with van der Waals surface area (Å²) in [4.78, 5) is 17.2. The Labute approximate surface area is 82.9 Å². The number of amides is 1. The quantitative estimate of drug-likeness (QED) is 0.628. The first kappa shape index (κ1) is 9.89. The summed E-state index contributed by atoms with van der Waals surface area (Å²) < 4.78 is 10.5. The molecule has 2 saturated heterocycles. The van der Waals surface area contributed by atoms with Gasteiger partial charge in [-0.05, 0) is 6.42 Å². The van der Waals surface area contributed by atoms with Crippen LogP contribution in [-0.4, -0.2) is 50.0 Å². The zero-order valence-electron chi connectivity index (χ0n) is 8.32. The first-order valence-corrected chi connectivity index (χ1v) is 4.86. The summed E-state index contributed by atoms with van der Waals surface area (Å²) in [5.74, 6) is -0.102. The van der Waals surface area contributed by atoms with E-state index in [4.69, 9.17) is 14.3 Å². The molecule has 0 aromatic carbocycles. The first-order valence-electron chi connectivity index (χ1n) is 4.86. The van der Waals surface area contributed by atoms with Crippen molar-refractivity contribution < 1.29 is 19.1 Å². The number of nitrogens with zero attached hydrogens (tertiary/aromatic N) is 1. The summed E-state index contributed by atoms with van der Waals surface area (Å²) in [6.45, 7) is 2.19. The van der Waals surface area contributed by atoms with Crippen LogP contribution in [0.4, 0.5) is 0 Å². The molecule has 80 valence electrons. The van der Waals surface area contributed by atoms with E-state index in [0.29, 0.717) is 32.8 Å². The Morgan fingerprint density at radius 2 is 2.36 bits per heavy atom. The van der Waals surface area contributed by atoms with Crippen molar-refractivity contribution in [3.8, 4) is 0 Å². The van der Waals surface area contributed by atoms with Crippen LogP contribution in [0.1, 0.15) is 12.8 Å². The number of rotatable bonds is 2. The first-order chi connectivity index (χ1) is 6.78. The number of hydroxylamine groups is 2. The Hall–Kier alpha value is -0.650. The molecule has 0 N–H and O–H groups in total. The lowest BCUT2D eigenvalue weighted by atomic mass is 10.0. The lowest BCUT2D eigenvalue weighted by Crippen LogP contribution is -2.49. The third-order valence-electron chi connectivity index (χ3n) is 2.75. The van der Waals surface area contributed by atoms with Gasteiger partial charge in [0, 0.05) is 13.5 Å². The summed E-state index contributed by atoms with van der Waals surface area (Å²) >= 11 is 0. The van der Waals surface area contributed by atoms with Crippen LogP contribution in [0.3, 0.4) is 0 Å². The van der Waals surface area contributed by atoms with Crippen LogP contribution >= 0.6 is 0 Å². The smallest absolute Gasteiger partial charge is 0.280 e. The fourth-order valence-electron chi connectivity index (χ4n) is 1.80. The summed E-state index contributed by atoms with van der Waals surface area (Å²) in [6, 6.07) is 0. The second-order valence-corrected chi connectivity index (χ2v) is 3.60. The van der Waals surface area contributed by atoms with Gasteiger partial charge in [-0.1, -0.05) is 0 Å². The summed E-state index contributed by atoms with van der Waals surface area (Å²) in [5.41, 5.74) is -0.801. The van der Waals surface area contributed by atoms with Crippen molar-refractivity contribution in [2.75, 3.05) is 33.5 Å². The van der Waals surface area contributed by atoms with Gasteiger partial charge in [0.05, 0.1) is 26.4 Å². The topological polar surface area (TPSA) is 48.0 Å². The van der Waals surface area contributed by atoms with Crippen LogP contribution in [0.2, 0.25) is 0 Å². The van der Waals surface area contributed by atoms with E-state index in [0.717, 1.165) is 6.42 Å². The minimum Gasteiger partial charge on any atom is -0.378 e. The van der Waals surface area contributed by atoms with Crippen molar-refractivity contribution in [3.05, 3.63) is 0 Å². The molecule has 2 aliphatic rings. The van der Waals surface area contributed by atoms with Gasteiger partial charge in [0.15, 0.2) is 5.60 Å². The normalized spacial score (nSPS) is 32.5. The van der Waals surface area contributed by atoms with Gasteiger partial charge in [-0.2, -0.15) is 0 Å².